The third-order valence-electron chi connectivity index (χ3n) is 2.97. The number of hydrogen-bond donors (Lipinski definition) is 1. The average Bonchev–Trinajstić information content (AvgIpc) is 2.82. The van der Waals surface area contributed by atoms with Crippen molar-refractivity contribution in [2.75, 3.05) is 6.54 Å². The first-order valence-corrected chi connectivity index (χ1v) is 7.35. The minimum Gasteiger partial charge on any atom is -0.480 e. The van der Waals surface area contributed by atoms with Crippen LogP contribution in [0.15, 0.2) is 23.1 Å². The Morgan fingerprint density at radius 1 is 1.47 bits per heavy atom. The highest BCUT2D eigenvalue weighted by Gasteiger charge is 2.40. The highest BCUT2D eigenvalue weighted by atomic mass is 35.5. The number of sulfonamides is 1. The van der Waals surface area contributed by atoms with Gasteiger partial charge in [-0.1, -0.05) is 11.6 Å². The van der Waals surface area contributed by atoms with Crippen molar-refractivity contribution in [2.24, 2.45) is 0 Å². The summed E-state index contributed by atoms with van der Waals surface area (Å²) in [5.41, 5.74) is 0. The van der Waals surface area contributed by atoms with Gasteiger partial charge in [-0.15, -0.1) is 0 Å². The first-order chi connectivity index (χ1) is 8.84. The molecule has 1 saturated heterocycles. The van der Waals surface area contributed by atoms with E-state index in [1.165, 1.54) is 6.07 Å². The molecule has 0 unspecified atom stereocenters. The third-order valence-corrected chi connectivity index (χ3v) is 5.13. The second-order valence-corrected chi connectivity index (χ2v) is 6.48. The average molecular weight is 308 g/mol. The molecule has 1 N–H and O–H groups in total. The van der Waals surface area contributed by atoms with E-state index in [4.69, 9.17) is 16.7 Å². The minimum absolute atomic E-state index is 0.0608. The van der Waals surface area contributed by atoms with Gasteiger partial charge < -0.3 is 5.11 Å². The van der Waals surface area contributed by atoms with Crippen LogP contribution in [0.25, 0.3) is 0 Å². The maximum Gasteiger partial charge on any atom is 0.322 e. The molecule has 0 amide bonds. The zero-order valence-electron chi connectivity index (χ0n) is 9.71. The van der Waals surface area contributed by atoms with Crippen LogP contribution in [-0.2, 0) is 14.8 Å². The monoisotopic (exact) mass is 307 g/mol. The van der Waals surface area contributed by atoms with Gasteiger partial charge in [0.05, 0.1) is 0 Å². The number of carboxylic acid groups (broad SMARTS) is 1. The summed E-state index contributed by atoms with van der Waals surface area (Å²) in [7, 11) is -4.19. The summed E-state index contributed by atoms with van der Waals surface area (Å²) in [6.07, 6.45) is 0.648. The van der Waals surface area contributed by atoms with E-state index in [2.05, 4.69) is 0 Å². The Hall–Kier alpha value is -1.18. The molecular weight excluding hydrogens is 297 g/mol. The van der Waals surface area contributed by atoms with Crippen molar-refractivity contribution in [2.45, 2.75) is 23.8 Å². The molecule has 0 saturated carbocycles. The molecule has 19 heavy (non-hydrogen) atoms. The van der Waals surface area contributed by atoms with Crippen LogP contribution >= 0.6 is 11.6 Å². The molecule has 1 aromatic rings. The molecule has 0 bridgehead atoms. The predicted octanol–water partition coefficient (Wildman–Crippen LogP) is 1.72. The Morgan fingerprint density at radius 3 is 2.79 bits per heavy atom. The molecule has 5 nitrogen and oxygen atoms in total. The van der Waals surface area contributed by atoms with Crippen LogP contribution in [0.5, 0.6) is 0 Å². The SMILES string of the molecule is O=C(O)[C@H]1CCCN1S(=O)(=O)c1cc(Cl)ccc1F. The predicted molar refractivity (Wildman–Crippen MR) is 66.0 cm³/mol. The van der Waals surface area contributed by atoms with Gasteiger partial charge >= 0.3 is 5.97 Å². The van der Waals surface area contributed by atoms with Gasteiger partial charge in [-0.05, 0) is 31.0 Å². The van der Waals surface area contributed by atoms with E-state index >= 15 is 0 Å². The molecule has 0 radical (unpaired) electrons. The second kappa shape index (κ2) is 5.07. The molecule has 1 fully saturated rings. The molecular formula is C11H11ClFNO4S. The minimum atomic E-state index is -4.19. The number of carbonyl (C=O) groups is 1. The Labute approximate surface area is 114 Å². The first kappa shape index (κ1) is 14.2. The Balaban J connectivity index is 2.48. The Morgan fingerprint density at radius 2 is 2.16 bits per heavy atom. The summed E-state index contributed by atoms with van der Waals surface area (Å²) < 4.78 is 39.0. The fourth-order valence-electron chi connectivity index (χ4n) is 2.08. The van der Waals surface area contributed by atoms with E-state index in [1.54, 1.807) is 0 Å². The van der Waals surface area contributed by atoms with Gasteiger partial charge in [0, 0.05) is 11.6 Å². The van der Waals surface area contributed by atoms with Crippen LogP contribution in [0.4, 0.5) is 4.39 Å². The fourth-order valence-corrected chi connectivity index (χ4v) is 4.06. The maximum atomic E-state index is 13.6. The number of aliphatic carboxylic acids is 1. The highest BCUT2D eigenvalue weighted by Crippen LogP contribution is 2.29. The van der Waals surface area contributed by atoms with Gasteiger partial charge in [-0.2, -0.15) is 4.31 Å². The molecule has 0 aromatic heterocycles. The van der Waals surface area contributed by atoms with Crippen molar-refractivity contribution in [3.63, 3.8) is 0 Å². The van der Waals surface area contributed by atoms with Crippen LogP contribution < -0.4 is 0 Å². The number of rotatable bonds is 3. The molecule has 8 heteroatoms. The summed E-state index contributed by atoms with van der Waals surface area (Å²) in [5.74, 6) is -2.18. The van der Waals surface area contributed by atoms with Gasteiger partial charge in [0.15, 0.2) is 0 Å². The van der Waals surface area contributed by atoms with Gasteiger partial charge in [-0.3, -0.25) is 4.79 Å². The molecule has 1 atom stereocenters. The summed E-state index contributed by atoms with van der Waals surface area (Å²) in [6.45, 7) is 0.0608. The molecule has 2 rings (SSSR count). The standard InChI is InChI=1S/C11H11ClFNO4S/c12-7-3-4-8(13)10(6-7)19(17,18)14-5-1-2-9(14)11(15)16/h3-4,6,9H,1-2,5H2,(H,15,16)/t9-/m1/s1. The summed E-state index contributed by atoms with van der Waals surface area (Å²) in [5, 5.41) is 9.07. The normalized spacial score (nSPS) is 20.6. The van der Waals surface area contributed by atoms with Gasteiger partial charge in [-0.25, -0.2) is 12.8 Å². The van der Waals surface area contributed by atoms with Crippen molar-refractivity contribution in [1.29, 1.82) is 0 Å². The van der Waals surface area contributed by atoms with E-state index in [-0.39, 0.29) is 18.0 Å². The summed E-state index contributed by atoms with van der Waals surface area (Å²) >= 11 is 5.66. The molecule has 1 aromatic carbocycles. The van der Waals surface area contributed by atoms with Crippen molar-refractivity contribution < 1.29 is 22.7 Å². The van der Waals surface area contributed by atoms with Crippen LogP contribution in [0.1, 0.15) is 12.8 Å². The van der Waals surface area contributed by atoms with Gasteiger partial charge in [0.2, 0.25) is 10.0 Å². The molecule has 0 aliphatic carbocycles. The molecule has 0 spiro atoms. The largest absolute Gasteiger partial charge is 0.480 e. The van der Waals surface area contributed by atoms with Crippen LogP contribution in [0.3, 0.4) is 0 Å². The Kier molecular flexibility index (Phi) is 3.80. The lowest BCUT2D eigenvalue weighted by Crippen LogP contribution is -2.40. The fraction of sp³-hybridized carbons (Fsp3) is 0.364. The van der Waals surface area contributed by atoms with E-state index in [0.29, 0.717) is 6.42 Å². The smallest absolute Gasteiger partial charge is 0.322 e. The van der Waals surface area contributed by atoms with Gasteiger partial charge in [0.1, 0.15) is 16.8 Å². The van der Waals surface area contributed by atoms with Crippen LogP contribution in [-0.4, -0.2) is 36.4 Å². The lowest BCUT2D eigenvalue weighted by atomic mass is 10.2. The van der Waals surface area contributed by atoms with E-state index in [9.17, 15) is 17.6 Å². The number of hydrogen-bond acceptors (Lipinski definition) is 3. The van der Waals surface area contributed by atoms with E-state index < -0.39 is 32.7 Å². The second-order valence-electron chi connectivity index (χ2n) is 4.19. The number of benzene rings is 1. The van der Waals surface area contributed by atoms with Crippen molar-refractivity contribution in [3.8, 4) is 0 Å². The molecule has 1 aliphatic heterocycles. The maximum absolute atomic E-state index is 13.6. The van der Waals surface area contributed by atoms with Crippen LogP contribution in [0.2, 0.25) is 5.02 Å². The number of nitrogens with zero attached hydrogens (tertiary/aromatic N) is 1. The molecule has 1 heterocycles. The van der Waals surface area contributed by atoms with E-state index in [0.717, 1.165) is 16.4 Å². The number of carboxylic acids is 1. The first-order valence-electron chi connectivity index (χ1n) is 5.54. The zero-order valence-corrected chi connectivity index (χ0v) is 11.3. The van der Waals surface area contributed by atoms with Crippen LogP contribution in [0, 0.1) is 5.82 Å². The van der Waals surface area contributed by atoms with Crippen molar-refractivity contribution >= 4 is 27.6 Å². The van der Waals surface area contributed by atoms with Crippen molar-refractivity contribution in [3.05, 3.63) is 29.0 Å². The lowest BCUT2D eigenvalue weighted by Gasteiger charge is -2.21. The number of halogens is 2. The zero-order chi connectivity index (χ0) is 14.2. The Bertz CT molecular complexity index is 619. The topological polar surface area (TPSA) is 74.7 Å². The summed E-state index contributed by atoms with van der Waals surface area (Å²) in [6, 6.07) is 2.02. The summed E-state index contributed by atoms with van der Waals surface area (Å²) in [4.78, 5) is 10.4. The quantitative estimate of drug-likeness (QED) is 0.922. The highest BCUT2D eigenvalue weighted by molar-refractivity contribution is 7.89. The van der Waals surface area contributed by atoms with Crippen molar-refractivity contribution in [1.82, 2.24) is 4.31 Å². The lowest BCUT2D eigenvalue weighted by molar-refractivity contribution is -0.140. The van der Waals surface area contributed by atoms with E-state index in [1.807, 2.05) is 0 Å². The van der Waals surface area contributed by atoms with Gasteiger partial charge in [0.25, 0.3) is 0 Å². The molecule has 104 valence electrons. The third kappa shape index (κ3) is 2.58. The molecule has 1 aliphatic rings.